The number of rotatable bonds is 7. The quantitative estimate of drug-likeness (QED) is 0.599. The standard InChI is InChI=1S/C22H26BrFN2O3S/c1-16(17-6-5-7-18(23)14-17)25-22(27)15-26(20-8-3-2-4-9-20)30(28,29)21-12-10-19(24)11-13-21/h5-7,10-14,16,20H,2-4,8-9,15H2,1H3,(H,25,27)/t16-/m0/s1. The molecule has 3 rings (SSSR count). The van der Waals surface area contributed by atoms with Crippen LogP contribution in [0.15, 0.2) is 57.9 Å². The number of carbonyl (C=O) groups is 1. The van der Waals surface area contributed by atoms with Crippen LogP contribution in [-0.2, 0) is 14.8 Å². The van der Waals surface area contributed by atoms with Crippen molar-refractivity contribution < 1.29 is 17.6 Å². The Morgan fingerprint density at radius 1 is 1.17 bits per heavy atom. The van der Waals surface area contributed by atoms with Gasteiger partial charge in [-0.25, -0.2) is 12.8 Å². The summed E-state index contributed by atoms with van der Waals surface area (Å²) in [6, 6.07) is 11.9. The molecule has 0 spiro atoms. The highest BCUT2D eigenvalue weighted by Gasteiger charge is 2.34. The summed E-state index contributed by atoms with van der Waals surface area (Å²) >= 11 is 3.42. The Balaban J connectivity index is 1.80. The zero-order chi connectivity index (χ0) is 21.7. The summed E-state index contributed by atoms with van der Waals surface area (Å²) in [4.78, 5) is 12.8. The van der Waals surface area contributed by atoms with E-state index >= 15 is 0 Å². The van der Waals surface area contributed by atoms with Crippen LogP contribution in [0.5, 0.6) is 0 Å². The van der Waals surface area contributed by atoms with Crippen molar-refractivity contribution in [2.45, 2.75) is 56.0 Å². The van der Waals surface area contributed by atoms with Crippen LogP contribution in [0.2, 0.25) is 0 Å². The van der Waals surface area contributed by atoms with Gasteiger partial charge in [-0.05, 0) is 61.7 Å². The third-order valence-corrected chi connectivity index (χ3v) is 7.83. The average molecular weight is 497 g/mol. The van der Waals surface area contributed by atoms with Gasteiger partial charge in [-0.1, -0.05) is 47.3 Å². The first-order chi connectivity index (χ1) is 14.3. The van der Waals surface area contributed by atoms with Gasteiger partial charge in [-0.2, -0.15) is 4.31 Å². The van der Waals surface area contributed by atoms with E-state index in [0.29, 0.717) is 0 Å². The summed E-state index contributed by atoms with van der Waals surface area (Å²) in [6.07, 6.45) is 4.35. The Kier molecular flexibility index (Phi) is 7.65. The molecular formula is C22H26BrFN2O3S. The summed E-state index contributed by atoms with van der Waals surface area (Å²) in [5.74, 6) is -0.863. The zero-order valence-electron chi connectivity index (χ0n) is 16.9. The maximum Gasteiger partial charge on any atom is 0.243 e. The molecule has 2 aromatic rings. The van der Waals surface area contributed by atoms with E-state index in [1.54, 1.807) is 0 Å². The Bertz CT molecular complexity index is 976. The topological polar surface area (TPSA) is 66.5 Å². The second-order valence-electron chi connectivity index (χ2n) is 7.64. The molecule has 0 unspecified atom stereocenters. The Hall–Kier alpha value is -1.77. The predicted molar refractivity (Wildman–Crippen MR) is 118 cm³/mol. The van der Waals surface area contributed by atoms with E-state index < -0.39 is 15.8 Å². The number of amides is 1. The number of hydrogen-bond acceptors (Lipinski definition) is 3. The van der Waals surface area contributed by atoms with E-state index in [0.717, 1.165) is 54.3 Å². The van der Waals surface area contributed by atoms with Gasteiger partial charge in [-0.3, -0.25) is 4.79 Å². The molecule has 1 aliphatic rings. The van der Waals surface area contributed by atoms with Gasteiger partial charge in [0, 0.05) is 10.5 Å². The van der Waals surface area contributed by atoms with Crippen LogP contribution in [0.3, 0.4) is 0 Å². The van der Waals surface area contributed by atoms with E-state index in [-0.39, 0.29) is 29.4 Å². The zero-order valence-corrected chi connectivity index (χ0v) is 19.3. The van der Waals surface area contributed by atoms with Crippen molar-refractivity contribution in [1.29, 1.82) is 0 Å². The number of sulfonamides is 1. The number of carbonyl (C=O) groups excluding carboxylic acids is 1. The second kappa shape index (κ2) is 10.0. The molecule has 0 saturated heterocycles. The maximum atomic E-state index is 13.3. The predicted octanol–water partition coefficient (Wildman–Crippen LogP) is 4.79. The fourth-order valence-electron chi connectivity index (χ4n) is 3.81. The van der Waals surface area contributed by atoms with Crippen molar-refractivity contribution in [1.82, 2.24) is 9.62 Å². The number of nitrogens with one attached hydrogen (secondary N) is 1. The molecule has 0 heterocycles. The van der Waals surface area contributed by atoms with E-state index in [2.05, 4.69) is 21.2 Å². The first-order valence-electron chi connectivity index (χ1n) is 10.1. The number of hydrogen-bond donors (Lipinski definition) is 1. The molecule has 162 valence electrons. The van der Waals surface area contributed by atoms with Crippen molar-refractivity contribution in [3.63, 3.8) is 0 Å². The van der Waals surface area contributed by atoms with E-state index in [9.17, 15) is 17.6 Å². The number of halogens is 2. The molecule has 8 heteroatoms. The van der Waals surface area contributed by atoms with Crippen LogP contribution in [0.25, 0.3) is 0 Å². The van der Waals surface area contributed by atoms with Gasteiger partial charge in [0.2, 0.25) is 15.9 Å². The van der Waals surface area contributed by atoms with Crippen molar-refractivity contribution >= 4 is 31.9 Å². The third-order valence-electron chi connectivity index (χ3n) is 5.43. The molecule has 2 aromatic carbocycles. The van der Waals surface area contributed by atoms with Crippen molar-refractivity contribution in [2.24, 2.45) is 0 Å². The summed E-state index contributed by atoms with van der Waals surface area (Å²) in [7, 11) is -3.92. The van der Waals surface area contributed by atoms with Crippen LogP contribution in [-0.4, -0.2) is 31.2 Å². The SMILES string of the molecule is C[C@H](NC(=O)CN(C1CCCCC1)S(=O)(=O)c1ccc(F)cc1)c1cccc(Br)c1. The van der Waals surface area contributed by atoms with Crippen LogP contribution in [0, 0.1) is 5.82 Å². The molecule has 0 bridgehead atoms. The van der Waals surface area contributed by atoms with Gasteiger partial charge in [0.15, 0.2) is 0 Å². The largest absolute Gasteiger partial charge is 0.348 e. The molecule has 0 radical (unpaired) electrons. The second-order valence-corrected chi connectivity index (χ2v) is 10.4. The lowest BCUT2D eigenvalue weighted by atomic mass is 9.95. The van der Waals surface area contributed by atoms with Crippen molar-refractivity contribution in [2.75, 3.05) is 6.54 Å². The number of nitrogens with zero attached hydrogens (tertiary/aromatic N) is 1. The summed E-state index contributed by atoms with van der Waals surface area (Å²) in [6.45, 7) is 1.60. The van der Waals surface area contributed by atoms with E-state index in [1.807, 2.05) is 31.2 Å². The highest BCUT2D eigenvalue weighted by molar-refractivity contribution is 9.10. The minimum Gasteiger partial charge on any atom is -0.348 e. The average Bonchev–Trinajstić information content (AvgIpc) is 2.73. The molecular weight excluding hydrogens is 471 g/mol. The fraction of sp³-hybridized carbons (Fsp3) is 0.409. The maximum absolute atomic E-state index is 13.3. The molecule has 0 aliphatic heterocycles. The molecule has 1 atom stereocenters. The van der Waals surface area contributed by atoms with E-state index in [1.165, 1.54) is 16.4 Å². The number of benzene rings is 2. The molecule has 30 heavy (non-hydrogen) atoms. The van der Waals surface area contributed by atoms with Gasteiger partial charge >= 0.3 is 0 Å². The van der Waals surface area contributed by atoms with E-state index in [4.69, 9.17) is 0 Å². The Morgan fingerprint density at radius 3 is 2.47 bits per heavy atom. The molecule has 1 N–H and O–H groups in total. The fourth-order valence-corrected chi connectivity index (χ4v) is 5.87. The minimum atomic E-state index is -3.92. The monoisotopic (exact) mass is 496 g/mol. The molecule has 5 nitrogen and oxygen atoms in total. The van der Waals surface area contributed by atoms with Crippen molar-refractivity contribution in [3.05, 3.63) is 64.4 Å². The molecule has 1 fully saturated rings. The first kappa shape index (κ1) is 22.9. The highest BCUT2D eigenvalue weighted by Crippen LogP contribution is 2.28. The summed E-state index contributed by atoms with van der Waals surface area (Å²) in [5.41, 5.74) is 0.920. The van der Waals surface area contributed by atoms with Gasteiger partial charge in [0.05, 0.1) is 17.5 Å². The van der Waals surface area contributed by atoms with Crippen LogP contribution in [0.4, 0.5) is 4.39 Å². The first-order valence-corrected chi connectivity index (χ1v) is 12.3. The third kappa shape index (κ3) is 5.68. The molecule has 1 saturated carbocycles. The van der Waals surface area contributed by atoms with Crippen LogP contribution in [0.1, 0.15) is 50.6 Å². The lowest BCUT2D eigenvalue weighted by molar-refractivity contribution is -0.122. The van der Waals surface area contributed by atoms with Crippen molar-refractivity contribution in [3.8, 4) is 0 Å². The lowest BCUT2D eigenvalue weighted by Crippen LogP contribution is -2.47. The minimum absolute atomic E-state index is 0.00214. The van der Waals surface area contributed by atoms with Gasteiger partial charge < -0.3 is 5.32 Å². The van der Waals surface area contributed by atoms with Crippen LogP contribution < -0.4 is 5.32 Å². The lowest BCUT2D eigenvalue weighted by Gasteiger charge is -2.33. The van der Waals surface area contributed by atoms with Gasteiger partial charge in [0.25, 0.3) is 0 Å². The molecule has 1 amide bonds. The van der Waals surface area contributed by atoms with Gasteiger partial charge in [0.1, 0.15) is 5.82 Å². The molecule has 0 aromatic heterocycles. The smallest absolute Gasteiger partial charge is 0.243 e. The van der Waals surface area contributed by atoms with Crippen LogP contribution >= 0.6 is 15.9 Å². The highest BCUT2D eigenvalue weighted by atomic mass is 79.9. The Morgan fingerprint density at radius 2 is 1.83 bits per heavy atom. The summed E-state index contributed by atoms with van der Waals surface area (Å²) in [5, 5.41) is 2.90. The Labute approximate surface area is 185 Å². The molecule has 1 aliphatic carbocycles. The van der Waals surface area contributed by atoms with Gasteiger partial charge in [-0.15, -0.1) is 0 Å². The normalized spacial score (nSPS) is 16.4. The summed E-state index contributed by atoms with van der Waals surface area (Å²) < 4.78 is 42.1.